The van der Waals surface area contributed by atoms with Gasteiger partial charge in [-0.05, 0) is 30.5 Å². The Labute approximate surface area is 165 Å². The quantitative estimate of drug-likeness (QED) is 0.712. The van der Waals surface area contributed by atoms with Crippen molar-refractivity contribution in [2.24, 2.45) is 0 Å². The molecular formula is C22H26N2O4. The van der Waals surface area contributed by atoms with Crippen molar-refractivity contribution in [2.45, 2.75) is 26.2 Å². The molecule has 1 N–H and O–H groups in total. The fraction of sp³-hybridized carbons (Fsp3) is 0.318. The van der Waals surface area contributed by atoms with Gasteiger partial charge in [0.25, 0.3) is 5.91 Å². The number of rotatable bonds is 8. The number of ether oxygens (including phenoxy) is 1. The van der Waals surface area contributed by atoms with Crippen molar-refractivity contribution in [3.63, 3.8) is 0 Å². The van der Waals surface area contributed by atoms with Crippen LogP contribution in [0.1, 0.15) is 30.4 Å². The molecule has 0 aliphatic rings. The topological polar surface area (TPSA) is 75.7 Å². The lowest BCUT2D eigenvalue weighted by atomic mass is 9.98. The second-order valence-corrected chi connectivity index (χ2v) is 6.84. The highest BCUT2D eigenvalue weighted by molar-refractivity contribution is 5.94. The third kappa shape index (κ3) is 6.87. The van der Waals surface area contributed by atoms with E-state index in [1.807, 2.05) is 56.3 Å². The van der Waals surface area contributed by atoms with E-state index in [-0.39, 0.29) is 31.4 Å². The van der Waals surface area contributed by atoms with Gasteiger partial charge in [-0.3, -0.25) is 14.4 Å². The molecule has 0 aliphatic heterocycles. The maximum Gasteiger partial charge on any atom is 0.306 e. The Hall–Kier alpha value is -3.15. The van der Waals surface area contributed by atoms with Crippen LogP contribution in [0.25, 0.3) is 0 Å². The van der Waals surface area contributed by atoms with Crippen molar-refractivity contribution in [2.75, 3.05) is 25.5 Å². The minimum absolute atomic E-state index is 0.00168. The fourth-order valence-corrected chi connectivity index (χ4v) is 2.60. The Morgan fingerprint density at radius 3 is 2.32 bits per heavy atom. The monoisotopic (exact) mass is 382 g/mol. The van der Waals surface area contributed by atoms with Crippen LogP contribution in [0.4, 0.5) is 5.69 Å². The van der Waals surface area contributed by atoms with Gasteiger partial charge in [-0.25, -0.2) is 0 Å². The molecule has 148 valence electrons. The van der Waals surface area contributed by atoms with Gasteiger partial charge < -0.3 is 15.0 Å². The smallest absolute Gasteiger partial charge is 0.306 e. The van der Waals surface area contributed by atoms with Crippen LogP contribution in [0.2, 0.25) is 0 Å². The van der Waals surface area contributed by atoms with Gasteiger partial charge in [0.05, 0.1) is 13.0 Å². The van der Waals surface area contributed by atoms with Crippen LogP contribution in [0.3, 0.4) is 0 Å². The van der Waals surface area contributed by atoms with Crippen LogP contribution >= 0.6 is 0 Å². The van der Waals surface area contributed by atoms with E-state index in [9.17, 15) is 14.4 Å². The summed E-state index contributed by atoms with van der Waals surface area (Å²) >= 11 is 0. The average molecular weight is 382 g/mol. The molecule has 28 heavy (non-hydrogen) atoms. The lowest BCUT2D eigenvalue weighted by Gasteiger charge is -2.17. The van der Waals surface area contributed by atoms with Gasteiger partial charge in [-0.2, -0.15) is 0 Å². The number of esters is 1. The number of nitrogens with zero attached hydrogens (tertiary/aromatic N) is 1. The van der Waals surface area contributed by atoms with E-state index in [0.29, 0.717) is 5.69 Å². The van der Waals surface area contributed by atoms with E-state index in [4.69, 9.17) is 4.74 Å². The molecule has 2 aromatic carbocycles. The number of hydrogen-bond donors (Lipinski definition) is 1. The van der Waals surface area contributed by atoms with Crippen molar-refractivity contribution < 1.29 is 19.1 Å². The first-order valence-electron chi connectivity index (χ1n) is 9.16. The summed E-state index contributed by atoms with van der Waals surface area (Å²) in [5.41, 5.74) is 2.79. The zero-order chi connectivity index (χ0) is 20.5. The first-order chi connectivity index (χ1) is 13.3. The van der Waals surface area contributed by atoms with Crippen molar-refractivity contribution in [1.29, 1.82) is 0 Å². The van der Waals surface area contributed by atoms with Gasteiger partial charge in [0.15, 0.2) is 6.61 Å². The van der Waals surface area contributed by atoms with Gasteiger partial charge in [0.2, 0.25) is 5.91 Å². The van der Waals surface area contributed by atoms with Gasteiger partial charge in [0.1, 0.15) is 0 Å². The van der Waals surface area contributed by atoms with Crippen LogP contribution in [0.15, 0.2) is 54.6 Å². The minimum Gasteiger partial charge on any atom is -0.456 e. The number of carbonyl (C=O) groups is 3. The van der Waals surface area contributed by atoms with Crippen molar-refractivity contribution in [3.05, 3.63) is 65.7 Å². The molecule has 0 saturated heterocycles. The number of anilines is 1. The van der Waals surface area contributed by atoms with Gasteiger partial charge in [-0.1, -0.05) is 55.0 Å². The maximum absolute atomic E-state index is 12.1. The highest BCUT2D eigenvalue weighted by Crippen LogP contribution is 2.18. The highest BCUT2D eigenvalue weighted by Gasteiger charge is 2.17. The van der Waals surface area contributed by atoms with Crippen molar-refractivity contribution >= 4 is 23.5 Å². The SMILES string of the molecule is Cc1ccc(NC(=O)CN(C)C(=O)COC(=O)C[C@H](C)c2ccccc2)cc1. The van der Waals surface area contributed by atoms with E-state index in [2.05, 4.69) is 5.32 Å². The normalized spacial score (nSPS) is 11.4. The summed E-state index contributed by atoms with van der Waals surface area (Å²) in [6.45, 7) is 3.39. The predicted octanol–water partition coefficient (Wildman–Crippen LogP) is 3.13. The zero-order valence-electron chi connectivity index (χ0n) is 16.5. The number of benzene rings is 2. The lowest BCUT2D eigenvalue weighted by Crippen LogP contribution is -2.37. The van der Waals surface area contributed by atoms with Gasteiger partial charge in [-0.15, -0.1) is 0 Å². The molecular weight excluding hydrogens is 356 g/mol. The maximum atomic E-state index is 12.1. The summed E-state index contributed by atoms with van der Waals surface area (Å²) in [6.07, 6.45) is 0.189. The Kier molecular flexibility index (Phi) is 7.75. The summed E-state index contributed by atoms with van der Waals surface area (Å²) in [5, 5.41) is 2.72. The van der Waals surface area contributed by atoms with Gasteiger partial charge >= 0.3 is 5.97 Å². The molecule has 0 saturated carbocycles. The second kappa shape index (κ2) is 10.3. The molecule has 0 radical (unpaired) electrons. The second-order valence-electron chi connectivity index (χ2n) is 6.84. The zero-order valence-corrected chi connectivity index (χ0v) is 16.5. The number of aryl methyl sites for hydroxylation is 1. The third-order valence-corrected chi connectivity index (χ3v) is 4.34. The van der Waals surface area contributed by atoms with E-state index in [0.717, 1.165) is 11.1 Å². The van der Waals surface area contributed by atoms with E-state index >= 15 is 0 Å². The summed E-state index contributed by atoms with van der Waals surface area (Å²) in [4.78, 5) is 37.4. The molecule has 0 fully saturated rings. The fourth-order valence-electron chi connectivity index (χ4n) is 2.60. The lowest BCUT2D eigenvalue weighted by molar-refractivity contribution is -0.152. The number of likely N-dealkylation sites (N-methyl/N-ethyl adjacent to an activating group) is 1. The van der Waals surface area contributed by atoms with Crippen molar-refractivity contribution in [3.8, 4) is 0 Å². The molecule has 6 heteroatoms. The predicted molar refractivity (Wildman–Crippen MR) is 108 cm³/mol. The molecule has 1 atom stereocenters. The summed E-state index contributed by atoms with van der Waals surface area (Å²) in [6, 6.07) is 17.0. The van der Waals surface area contributed by atoms with E-state index in [1.54, 1.807) is 12.1 Å². The standard InChI is InChI=1S/C22H26N2O4/c1-16-9-11-19(12-10-16)23-20(25)14-24(3)21(26)15-28-22(27)13-17(2)18-7-5-4-6-8-18/h4-12,17H,13-15H2,1-3H3,(H,23,25)/t17-/m0/s1. The van der Waals surface area contributed by atoms with Crippen molar-refractivity contribution in [1.82, 2.24) is 4.90 Å². The molecule has 2 rings (SSSR count). The van der Waals surface area contributed by atoms with E-state index < -0.39 is 11.9 Å². The minimum atomic E-state index is -0.442. The summed E-state index contributed by atoms with van der Waals surface area (Å²) in [5.74, 6) is -1.19. The molecule has 6 nitrogen and oxygen atoms in total. The van der Waals surface area contributed by atoms with Crippen LogP contribution in [-0.4, -0.2) is 42.9 Å². The Morgan fingerprint density at radius 1 is 1.04 bits per heavy atom. The number of amides is 2. The molecule has 0 unspecified atom stereocenters. The van der Waals surface area contributed by atoms with Crippen LogP contribution in [0, 0.1) is 6.92 Å². The number of nitrogens with one attached hydrogen (secondary N) is 1. The summed E-state index contributed by atoms with van der Waals surface area (Å²) < 4.78 is 5.07. The Morgan fingerprint density at radius 2 is 1.68 bits per heavy atom. The molecule has 2 aromatic rings. The first-order valence-corrected chi connectivity index (χ1v) is 9.16. The molecule has 0 aliphatic carbocycles. The molecule has 0 heterocycles. The Bertz CT molecular complexity index is 803. The highest BCUT2D eigenvalue weighted by atomic mass is 16.5. The molecule has 0 bridgehead atoms. The number of carbonyl (C=O) groups excluding carboxylic acids is 3. The van der Waals surface area contributed by atoms with Crippen LogP contribution in [-0.2, 0) is 19.1 Å². The van der Waals surface area contributed by atoms with Crippen LogP contribution < -0.4 is 5.32 Å². The molecule has 0 aromatic heterocycles. The first kappa shape index (κ1) is 21.2. The third-order valence-electron chi connectivity index (χ3n) is 4.34. The molecule has 2 amide bonds. The van der Waals surface area contributed by atoms with Gasteiger partial charge in [0, 0.05) is 12.7 Å². The van der Waals surface area contributed by atoms with Crippen LogP contribution in [0.5, 0.6) is 0 Å². The van der Waals surface area contributed by atoms with E-state index in [1.165, 1.54) is 11.9 Å². The average Bonchev–Trinajstić information content (AvgIpc) is 2.68. The number of hydrogen-bond acceptors (Lipinski definition) is 4. The largest absolute Gasteiger partial charge is 0.456 e. The Balaban J connectivity index is 1.73. The summed E-state index contributed by atoms with van der Waals surface area (Å²) in [7, 11) is 1.50. The molecule has 0 spiro atoms.